The molecule has 1 unspecified atom stereocenters. The first-order valence-electron chi connectivity index (χ1n) is 15.7. The summed E-state index contributed by atoms with van der Waals surface area (Å²) in [6, 6.07) is 40.6. The van der Waals surface area contributed by atoms with E-state index >= 15 is 0 Å². The lowest BCUT2D eigenvalue weighted by atomic mass is 9.97. The van der Waals surface area contributed by atoms with Gasteiger partial charge in [-0.05, 0) is 28.7 Å². The van der Waals surface area contributed by atoms with Crippen LogP contribution >= 0.6 is 0 Å². The summed E-state index contributed by atoms with van der Waals surface area (Å²) in [6.07, 6.45) is -0.622. The first-order chi connectivity index (χ1) is 21.8. The van der Waals surface area contributed by atoms with Gasteiger partial charge >= 0.3 is 0 Å². The Balaban J connectivity index is 1.41. The van der Waals surface area contributed by atoms with Crippen molar-refractivity contribution in [2.75, 3.05) is 13.2 Å². The van der Waals surface area contributed by atoms with Crippen molar-refractivity contribution in [3.8, 4) is 0 Å². The quantitative estimate of drug-likeness (QED) is 0.118. The summed E-state index contributed by atoms with van der Waals surface area (Å²) >= 11 is 0. The number of unbranched alkanes of at least 4 members (excludes halogenated alkanes) is 1. The van der Waals surface area contributed by atoms with E-state index in [2.05, 4.69) is 55.5 Å². The normalized spacial score (nSPS) is 21.7. The maximum Gasteiger partial charge on any atom is 0.186 e. The molecule has 0 aliphatic carbocycles. The molecule has 0 N–H and O–H groups in total. The predicted octanol–water partition coefficient (Wildman–Crippen LogP) is 7.50. The van der Waals surface area contributed by atoms with E-state index in [1.54, 1.807) is 0 Å². The molecular weight excluding hydrogens is 552 g/mol. The SMILES string of the molecule is CCCCOC1O[C@H](COCc2ccccc2)[C@@H](OCc2ccccc2)[C@H](OCc2ccccc2)[C@H]1OCc1ccccc1. The van der Waals surface area contributed by atoms with E-state index < -0.39 is 30.7 Å². The van der Waals surface area contributed by atoms with E-state index in [9.17, 15) is 0 Å². The summed E-state index contributed by atoms with van der Waals surface area (Å²) in [5.74, 6) is 0. The molecule has 0 saturated carbocycles. The monoisotopic (exact) mass is 596 g/mol. The lowest BCUT2D eigenvalue weighted by Crippen LogP contribution is -2.61. The third-order valence-electron chi connectivity index (χ3n) is 7.62. The molecule has 0 spiro atoms. The Hall–Kier alpha value is -3.36. The zero-order valence-corrected chi connectivity index (χ0v) is 25.5. The Bertz CT molecular complexity index is 1300. The minimum atomic E-state index is -0.645. The second kappa shape index (κ2) is 17.8. The third-order valence-corrected chi connectivity index (χ3v) is 7.62. The van der Waals surface area contributed by atoms with Gasteiger partial charge in [-0.3, -0.25) is 0 Å². The van der Waals surface area contributed by atoms with Crippen molar-refractivity contribution in [3.05, 3.63) is 144 Å². The van der Waals surface area contributed by atoms with Crippen LogP contribution in [-0.2, 0) is 54.8 Å². The van der Waals surface area contributed by atoms with Gasteiger partial charge in [-0.25, -0.2) is 0 Å². The summed E-state index contributed by atoms with van der Waals surface area (Å²) in [7, 11) is 0. The minimum absolute atomic E-state index is 0.318. The highest BCUT2D eigenvalue weighted by molar-refractivity contribution is 5.16. The van der Waals surface area contributed by atoms with Crippen molar-refractivity contribution >= 4 is 0 Å². The highest BCUT2D eigenvalue weighted by atomic mass is 16.7. The molecule has 44 heavy (non-hydrogen) atoms. The zero-order chi connectivity index (χ0) is 30.2. The van der Waals surface area contributed by atoms with Crippen LogP contribution in [0.4, 0.5) is 0 Å². The van der Waals surface area contributed by atoms with Gasteiger partial charge in [-0.15, -0.1) is 0 Å². The molecule has 5 atom stereocenters. The van der Waals surface area contributed by atoms with Crippen LogP contribution in [0.1, 0.15) is 42.0 Å². The largest absolute Gasteiger partial charge is 0.374 e. The van der Waals surface area contributed by atoms with Gasteiger partial charge in [0.1, 0.15) is 24.4 Å². The molecule has 232 valence electrons. The lowest BCUT2D eigenvalue weighted by Gasteiger charge is -2.46. The summed E-state index contributed by atoms with van der Waals surface area (Å²) < 4.78 is 39.3. The van der Waals surface area contributed by atoms with E-state index in [1.807, 2.05) is 72.8 Å². The fraction of sp³-hybridized carbons (Fsp3) is 0.368. The van der Waals surface area contributed by atoms with Crippen molar-refractivity contribution in [2.45, 2.75) is 76.9 Å². The highest BCUT2D eigenvalue weighted by Crippen LogP contribution is 2.31. The van der Waals surface area contributed by atoms with Crippen LogP contribution in [0.3, 0.4) is 0 Å². The first-order valence-corrected chi connectivity index (χ1v) is 15.7. The van der Waals surface area contributed by atoms with Gasteiger partial charge in [0.05, 0.1) is 33.0 Å². The van der Waals surface area contributed by atoms with E-state index in [0.29, 0.717) is 39.6 Å². The van der Waals surface area contributed by atoms with Gasteiger partial charge in [0.25, 0.3) is 0 Å². The number of ether oxygens (including phenoxy) is 6. The molecular formula is C38H44O6. The van der Waals surface area contributed by atoms with Crippen LogP contribution in [-0.4, -0.2) is 43.9 Å². The Morgan fingerprint density at radius 2 is 0.932 bits per heavy atom. The molecule has 4 aromatic carbocycles. The molecule has 1 heterocycles. The summed E-state index contributed by atoms with van der Waals surface area (Å²) in [6.45, 7) is 4.70. The molecule has 1 aliphatic rings. The summed E-state index contributed by atoms with van der Waals surface area (Å²) in [5.41, 5.74) is 4.31. The number of benzene rings is 4. The smallest absolute Gasteiger partial charge is 0.186 e. The van der Waals surface area contributed by atoms with Crippen molar-refractivity contribution in [1.29, 1.82) is 0 Å². The fourth-order valence-corrected chi connectivity index (χ4v) is 5.23. The molecule has 6 nitrogen and oxygen atoms in total. The minimum Gasteiger partial charge on any atom is -0.374 e. The zero-order valence-electron chi connectivity index (χ0n) is 25.5. The first kappa shape index (κ1) is 32.0. The van der Waals surface area contributed by atoms with Gasteiger partial charge in [-0.1, -0.05) is 135 Å². The van der Waals surface area contributed by atoms with Gasteiger partial charge in [0.15, 0.2) is 6.29 Å². The van der Waals surface area contributed by atoms with Crippen LogP contribution in [0.15, 0.2) is 121 Å². The summed E-state index contributed by atoms with van der Waals surface area (Å²) in [4.78, 5) is 0. The second-order valence-electron chi connectivity index (χ2n) is 11.1. The van der Waals surface area contributed by atoms with Crippen LogP contribution in [0.2, 0.25) is 0 Å². The molecule has 0 bridgehead atoms. The van der Waals surface area contributed by atoms with E-state index in [4.69, 9.17) is 28.4 Å². The van der Waals surface area contributed by atoms with Crippen molar-refractivity contribution in [1.82, 2.24) is 0 Å². The second-order valence-corrected chi connectivity index (χ2v) is 11.1. The standard InChI is InChI=1S/C38H44O6/c1-2-3-24-40-38-37(43-28-33-22-14-7-15-23-33)36(42-27-32-20-12-6-13-21-32)35(41-26-31-18-10-5-11-19-31)34(44-38)29-39-25-30-16-8-4-9-17-30/h4-23,34-38H,2-3,24-29H2,1H3/t34-,35-,36+,37-,38?/m1/s1. The molecule has 4 aromatic rings. The van der Waals surface area contributed by atoms with E-state index in [1.165, 1.54) is 0 Å². The molecule has 0 radical (unpaired) electrons. The van der Waals surface area contributed by atoms with Crippen molar-refractivity contribution in [3.63, 3.8) is 0 Å². The van der Waals surface area contributed by atoms with Crippen LogP contribution in [0, 0.1) is 0 Å². The van der Waals surface area contributed by atoms with E-state index in [-0.39, 0.29) is 0 Å². The van der Waals surface area contributed by atoms with Gasteiger partial charge < -0.3 is 28.4 Å². The molecule has 5 rings (SSSR count). The topological polar surface area (TPSA) is 55.4 Å². The maximum atomic E-state index is 6.74. The van der Waals surface area contributed by atoms with Crippen LogP contribution < -0.4 is 0 Å². The number of hydrogen-bond acceptors (Lipinski definition) is 6. The van der Waals surface area contributed by atoms with Gasteiger partial charge in [0.2, 0.25) is 0 Å². The average Bonchev–Trinajstić information content (AvgIpc) is 3.08. The van der Waals surface area contributed by atoms with Crippen molar-refractivity contribution in [2.24, 2.45) is 0 Å². The molecule has 1 aliphatic heterocycles. The Labute approximate surface area is 261 Å². The van der Waals surface area contributed by atoms with Gasteiger partial charge in [0, 0.05) is 6.61 Å². The fourth-order valence-electron chi connectivity index (χ4n) is 5.23. The maximum absolute atomic E-state index is 6.74. The predicted molar refractivity (Wildman–Crippen MR) is 171 cm³/mol. The Morgan fingerprint density at radius 3 is 1.41 bits per heavy atom. The molecule has 1 fully saturated rings. The Morgan fingerprint density at radius 1 is 0.500 bits per heavy atom. The lowest BCUT2D eigenvalue weighted by molar-refractivity contribution is -0.328. The third kappa shape index (κ3) is 9.83. The molecule has 1 saturated heterocycles. The van der Waals surface area contributed by atoms with E-state index in [0.717, 1.165) is 35.1 Å². The van der Waals surface area contributed by atoms with Crippen LogP contribution in [0.5, 0.6) is 0 Å². The van der Waals surface area contributed by atoms with Crippen LogP contribution in [0.25, 0.3) is 0 Å². The molecule has 6 heteroatoms. The van der Waals surface area contributed by atoms with Gasteiger partial charge in [-0.2, -0.15) is 0 Å². The highest BCUT2D eigenvalue weighted by Gasteiger charge is 2.49. The molecule has 0 amide bonds. The molecule has 0 aromatic heterocycles. The Kier molecular flexibility index (Phi) is 13.0. The summed E-state index contributed by atoms with van der Waals surface area (Å²) in [5, 5.41) is 0. The van der Waals surface area contributed by atoms with Crippen molar-refractivity contribution < 1.29 is 28.4 Å². The average molecular weight is 597 g/mol. The number of hydrogen-bond donors (Lipinski definition) is 0. The number of rotatable bonds is 17.